The lowest BCUT2D eigenvalue weighted by molar-refractivity contribution is -0.139. The van der Waals surface area contributed by atoms with Crippen molar-refractivity contribution < 1.29 is 9.53 Å². The highest BCUT2D eigenvalue weighted by molar-refractivity contribution is 5.79. The van der Waals surface area contributed by atoms with Crippen LogP contribution < -0.4 is 0 Å². The summed E-state index contributed by atoms with van der Waals surface area (Å²) >= 11 is 0. The minimum Gasteiger partial charge on any atom is -0.381 e. The summed E-state index contributed by atoms with van der Waals surface area (Å²) in [7, 11) is 0. The summed E-state index contributed by atoms with van der Waals surface area (Å²) in [6.07, 6.45) is 5.69. The first-order chi connectivity index (χ1) is 9.27. The van der Waals surface area contributed by atoms with Crippen LogP contribution in [0.3, 0.4) is 0 Å². The third-order valence-corrected chi connectivity index (χ3v) is 4.31. The fourth-order valence-corrected chi connectivity index (χ4v) is 3.20. The van der Waals surface area contributed by atoms with Gasteiger partial charge in [0, 0.05) is 25.7 Å². The molecule has 0 unspecified atom stereocenters. The molecule has 0 aliphatic carbocycles. The maximum absolute atomic E-state index is 12.7. The van der Waals surface area contributed by atoms with E-state index in [0.29, 0.717) is 5.91 Å². The summed E-state index contributed by atoms with van der Waals surface area (Å²) in [4.78, 5) is 14.7. The van der Waals surface area contributed by atoms with Crippen molar-refractivity contribution in [1.29, 1.82) is 0 Å². The van der Waals surface area contributed by atoms with E-state index in [1.165, 1.54) is 0 Å². The minimum atomic E-state index is 0.151. The number of carbonyl (C=O) groups is 1. The molecule has 5 nitrogen and oxygen atoms in total. The Labute approximate surface area is 113 Å². The van der Waals surface area contributed by atoms with Gasteiger partial charge in [-0.15, -0.1) is 0 Å². The summed E-state index contributed by atoms with van der Waals surface area (Å²) < 4.78 is 5.34. The van der Waals surface area contributed by atoms with Crippen molar-refractivity contribution in [2.24, 2.45) is 5.92 Å². The van der Waals surface area contributed by atoms with E-state index in [4.69, 9.17) is 4.74 Å². The molecule has 0 aromatic carbocycles. The fourth-order valence-electron chi connectivity index (χ4n) is 3.20. The second kappa shape index (κ2) is 5.33. The molecule has 2 aliphatic heterocycles. The Balaban J connectivity index is 1.75. The molecule has 3 rings (SSSR count). The number of nitrogens with zero attached hydrogens (tertiary/aromatic N) is 2. The lowest BCUT2D eigenvalue weighted by Gasteiger charge is -2.30. The number of ether oxygens (including phenoxy) is 1. The molecule has 19 heavy (non-hydrogen) atoms. The highest BCUT2D eigenvalue weighted by Crippen LogP contribution is 2.34. The molecule has 0 bridgehead atoms. The van der Waals surface area contributed by atoms with Crippen molar-refractivity contribution in [3.05, 3.63) is 17.5 Å². The van der Waals surface area contributed by atoms with Crippen LogP contribution in [0.25, 0.3) is 0 Å². The number of aromatic nitrogens is 2. The first-order valence-corrected chi connectivity index (χ1v) is 7.15. The van der Waals surface area contributed by atoms with Crippen LogP contribution in [-0.4, -0.2) is 40.8 Å². The highest BCUT2D eigenvalue weighted by Gasteiger charge is 2.35. The first kappa shape index (κ1) is 12.7. The predicted octanol–water partition coefficient (Wildman–Crippen LogP) is 1.81. The molecular formula is C14H21N3O2. The number of rotatable bonds is 2. The number of hydrogen-bond acceptors (Lipinski definition) is 3. The van der Waals surface area contributed by atoms with E-state index in [0.717, 1.165) is 56.7 Å². The zero-order chi connectivity index (χ0) is 13.2. The Morgan fingerprint density at radius 2 is 2.21 bits per heavy atom. The Hall–Kier alpha value is -1.36. The smallest absolute Gasteiger partial charge is 0.226 e. The average molecular weight is 263 g/mol. The number of nitrogens with one attached hydrogen (secondary N) is 1. The number of likely N-dealkylation sites (tertiary alicyclic amines) is 1. The van der Waals surface area contributed by atoms with Crippen molar-refractivity contribution in [3.8, 4) is 0 Å². The highest BCUT2D eigenvalue weighted by atomic mass is 16.5. The van der Waals surface area contributed by atoms with Gasteiger partial charge in [-0.2, -0.15) is 5.10 Å². The van der Waals surface area contributed by atoms with Crippen LogP contribution in [0.4, 0.5) is 0 Å². The lowest BCUT2D eigenvalue weighted by Crippen LogP contribution is -2.38. The molecule has 3 heterocycles. The van der Waals surface area contributed by atoms with Gasteiger partial charge in [-0.3, -0.25) is 9.89 Å². The van der Waals surface area contributed by atoms with Gasteiger partial charge in [-0.05, 0) is 38.2 Å². The third-order valence-electron chi connectivity index (χ3n) is 4.31. The van der Waals surface area contributed by atoms with Crippen molar-refractivity contribution in [3.63, 3.8) is 0 Å². The summed E-state index contributed by atoms with van der Waals surface area (Å²) in [6, 6.07) is 0.192. The van der Waals surface area contributed by atoms with Crippen LogP contribution in [0, 0.1) is 12.8 Å². The van der Waals surface area contributed by atoms with E-state index in [1.807, 2.05) is 13.1 Å². The maximum Gasteiger partial charge on any atom is 0.226 e. The number of hydrogen-bond donors (Lipinski definition) is 1. The van der Waals surface area contributed by atoms with Gasteiger partial charge < -0.3 is 9.64 Å². The Morgan fingerprint density at radius 3 is 2.89 bits per heavy atom. The van der Waals surface area contributed by atoms with Crippen LogP contribution in [0.15, 0.2) is 6.20 Å². The second-order valence-electron chi connectivity index (χ2n) is 5.54. The predicted molar refractivity (Wildman–Crippen MR) is 70.6 cm³/mol. The Kier molecular flexibility index (Phi) is 3.55. The quantitative estimate of drug-likeness (QED) is 0.885. The Bertz CT molecular complexity index is 451. The molecule has 1 atom stereocenters. The van der Waals surface area contributed by atoms with E-state index >= 15 is 0 Å². The van der Waals surface area contributed by atoms with Gasteiger partial charge in [-0.25, -0.2) is 0 Å². The SMILES string of the molecule is Cc1cn[nH]c1[C@H]1CCCN1C(=O)C1CCOCC1. The molecule has 0 radical (unpaired) electrons. The molecule has 5 heteroatoms. The van der Waals surface area contributed by atoms with Gasteiger partial charge in [0.1, 0.15) is 0 Å². The lowest BCUT2D eigenvalue weighted by atomic mass is 9.97. The molecule has 104 valence electrons. The summed E-state index contributed by atoms with van der Waals surface area (Å²) in [5, 5.41) is 7.16. The number of aryl methyl sites for hydroxylation is 1. The summed E-state index contributed by atoms with van der Waals surface area (Å²) in [5.41, 5.74) is 2.26. The normalized spacial score (nSPS) is 24.9. The molecule has 1 aromatic heterocycles. The monoisotopic (exact) mass is 263 g/mol. The molecule has 0 saturated carbocycles. The van der Waals surface area contributed by atoms with Crippen LogP contribution in [0.1, 0.15) is 43.0 Å². The molecule has 0 spiro atoms. The Morgan fingerprint density at radius 1 is 1.42 bits per heavy atom. The molecule has 1 amide bonds. The first-order valence-electron chi connectivity index (χ1n) is 7.15. The van der Waals surface area contributed by atoms with Gasteiger partial charge in [-0.1, -0.05) is 0 Å². The van der Waals surface area contributed by atoms with E-state index < -0.39 is 0 Å². The van der Waals surface area contributed by atoms with Gasteiger partial charge in [0.25, 0.3) is 0 Å². The molecule has 2 fully saturated rings. The van der Waals surface area contributed by atoms with E-state index in [1.54, 1.807) is 0 Å². The summed E-state index contributed by atoms with van der Waals surface area (Å²) in [5.74, 6) is 0.456. The van der Waals surface area contributed by atoms with Gasteiger partial charge in [0.15, 0.2) is 0 Å². The van der Waals surface area contributed by atoms with Crippen LogP contribution >= 0.6 is 0 Å². The van der Waals surface area contributed by atoms with Crippen LogP contribution in [0.2, 0.25) is 0 Å². The number of aromatic amines is 1. The molecule has 1 aromatic rings. The van der Waals surface area contributed by atoms with E-state index in [9.17, 15) is 4.79 Å². The average Bonchev–Trinajstić information content (AvgIpc) is 3.07. The second-order valence-corrected chi connectivity index (χ2v) is 5.54. The molecular weight excluding hydrogens is 242 g/mol. The van der Waals surface area contributed by atoms with Crippen molar-refractivity contribution in [2.45, 2.75) is 38.6 Å². The maximum atomic E-state index is 12.7. The van der Waals surface area contributed by atoms with Crippen molar-refractivity contribution in [2.75, 3.05) is 19.8 Å². The van der Waals surface area contributed by atoms with Gasteiger partial charge in [0.05, 0.1) is 17.9 Å². The zero-order valence-corrected chi connectivity index (χ0v) is 11.4. The van der Waals surface area contributed by atoms with E-state index in [-0.39, 0.29) is 12.0 Å². The summed E-state index contributed by atoms with van der Waals surface area (Å²) in [6.45, 7) is 4.36. The fraction of sp³-hybridized carbons (Fsp3) is 0.714. The van der Waals surface area contributed by atoms with Crippen LogP contribution in [0.5, 0.6) is 0 Å². The standard InChI is InChI=1S/C14H21N3O2/c1-10-9-15-16-13(10)12-3-2-6-17(12)14(18)11-4-7-19-8-5-11/h9,11-12H,2-8H2,1H3,(H,15,16)/t12-/m1/s1. The van der Waals surface area contributed by atoms with Crippen molar-refractivity contribution >= 4 is 5.91 Å². The number of H-pyrrole nitrogens is 1. The topological polar surface area (TPSA) is 58.2 Å². The van der Waals surface area contributed by atoms with Crippen LogP contribution in [-0.2, 0) is 9.53 Å². The largest absolute Gasteiger partial charge is 0.381 e. The number of amides is 1. The molecule has 2 saturated heterocycles. The van der Waals surface area contributed by atoms with Gasteiger partial charge in [0.2, 0.25) is 5.91 Å². The van der Waals surface area contributed by atoms with Gasteiger partial charge >= 0.3 is 0 Å². The molecule has 2 aliphatic rings. The molecule has 1 N–H and O–H groups in total. The van der Waals surface area contributed by atoms with Crippen molar-refractivity contribution in [1.82, 2.24) is 15.1 Å². The van der Waals surface area contributed by atoms with E-state index in [2.05, 4.69) is 15.1 Å². The third kappa shape index (κ3) is 2.39. The minimum absolute atomic E-state index is 0.151. The zero-order valence-electron chi connectivity index (χ0n) is 11.4. The number of carbonyl (C=O) groups excluding carboxylic acids is 1.